The average Bonchev–Trinajstić information content (AvgIpc) is 2.13. The third-order valence-corrected chi connectivity index (χ3v) is 5.10. The van der Waals surface area contributed by atoms with E-state index in [9.17, 15) is 0 Å². The highest BCUT2D eigenvalue weighted by Gasteiger charge is 2.66. The zero-order chi connectivity index (χ0) is 13.9. The summed E-state index contributed by atoms with van der Waals surface area (Å²) in [6, 6.07) is 0. The van der Waals surface area contributed by atoms with Crippen LogP contribution in [0.4, 0.5) is 0 Å². The van der Waals surface area contributed by atoms with Crippen LogP contribution in [0.25, 0.3) is 0 Å². The Labute approximate surface area is 109 Å². The highest BCUT2D eigenvalue weighted by atomic mass is 14.7. The Kier molecular flexibility index (Phi) is 2.96. The summed E-state index contributed by atoms with van der Waals surface area (Å²) in [5, 5.41) is 0. The lowest BCUT2D eigenvalue weighted by Gasteiger charge is -2.65. The highest BCUT2D eigenvalue weighted by molar-refractivity contribution is 5.28. The van der Waals surface area contributed by atoms with Gasteiger partial charge in [-0.25, -0.2) is 0 Å². The first-order valence-corrected chi connectivity index (χ1v) is 6.91. The van der Waals surface area contributed by atoms with Crippen molar-refractivity contribution in [2.45, 2.75) is 69.2 Å². The van der Waals surface area contributed by atoms with Gasteiger partial charge in [0.1, 0.15) is 0 Å². The first kappa shape index (κ1) is 14.8. The van der Waals surface area contributed by atoms with E-state index in [4.69, 9.17) is 0 Å². The second-order valence-electron chi connectivity index (χ2n) is 9.03. The van der Waals surface area contributed by atoms with Crippen LogP contribution in [-0.4, -0.2) is 0 Å². The van der Waals surface area contributed by atoms with E-state index in [2.05, 4.69) is 81.4 Å². The van der Waals surface area contributed by atoms with E-state index in [1.165, 1.54) is 0 Å². The number of hydrogen-bond acceptors (Lipinski definition) is 0. The lowest BCUT2D eigenvalue weighted by atomic mass is 9.39. The molecule has 0 aromatic rings. The normalized spacial score (nSPS) is 26.2. The quantitative estimate of drug-likeness (QED) is 0.474. The SMILES string of the molecule is CC(C)(C)C1(C(C)(C)C)C(C)(C)C=CC1(C)C. The fourth-order valence-electron chi connectivity index (χ4n) is 6.49. The fraction of sp³-hybridized carbons (Fsp3) is 0.882. The van der Waals surface area contributed by atoms with Gasteiger partial charge in [-0.1, -0.05) is 81.4 Å². The second kappa shape index (κ2) is 3.39. The number of allylic oxidation sites excluding steroid dienone is 2. The molecule has 1 aliphatic carbocycles. The molecular weight excluding hydrogens is 204 g/mol. The molecule has 0 saturated carbocycles. The molecule has 0 amide bonds. The van der Waals surface area contributed by atoms with E-state index in [0.29, 0.717) is 0 Å². The van der Waals surface area contributed by atoms with E-state index in [1.54, 1.807) is 0 Å². The maximum atomic E-state index is 2.45. The van der Waals surface area contributed by atoms with Crippen LogP contribution in [0.15, 0.2) is 12.2 Å². The topological polar surface area (TPSA) is 0 Å². The molecule has 0 saturated heterocycles. The van der Waals surface area contributed by atoms with Crippen molar-refractivity contribution in [2.75, 3.05) is 0 Å². The van der Waals surface area contributed by atoms with Gasteiger partial charge in [0.05, 0.1) is 0 Å². The molecule has 0 nitrogen and oxygen atoms in total. The lowest BCUT2D eigenvalue weighted by molar-refractivity contribution is -0.161. The van der Waals surface area contributed by atoms with Crippen molar-refractivity contribution in [2.24, 2.45) is 27.1 Å². The van der Waals surface area contributed by atoms with Crippen LogP contribution in [-0.2, 0) is 0 Å². The summed E-state index contributed by atoms with van der Waals surface area (Å²) in [6.07, 6.45) is 4.90. The van der Waals surface area contributed by atoms with Gasteiger partial charge in [-0.2, -0.15) is 0 Å². The van der Waals surface area contributed by atoms with Crippen LogP contribution in [0, 0.1) is 27.1 Å². The van der Waals surface area contributed by atoms with E-state index >= 15 is 0 Å². The van der Waals surface area contributed by atoms with Crippen LogP contribution in [0.1, 0.15) is 69.2 Å². The minimum absolute atomic E-state index is 0.229. The second-order valence-corrected chi connectivity index (χ2v) is 9.03. The van der Waals surface area contributed by atoms with Crippen LogP contribution in [0.3, 0.4) is 0 Å². The van der Waals surface area contributed by atoms with Crippen molar-refractivity contribution in [3.05, 3.63) is 12.2 Å². The molecule has 1 rings (SSSR count). The van der Waals surface area contributed by atoms with Gasteiger partial charge < -0.3 is 0 Å². The predicted molar refractivity (Wildman–Crippen MR) is 78.0 cm³/mol. The Morgan fingerprint density at radius 3 is 0.941 bits per heavy atom. The van der Waals surface area contributed by atoms with E-state index in [1.807, 2.05) is 0 Å². The molecule has 0 radical (unpaired) electrons. The molecule has 0 heterocycles. The van der Waals surface area contributed by atoms with Crippen molar-refractivity contribution in [3.8, 4) is 0 Å². The summed E-state index contributed by atoms with van der Waals surface area (Å²) in [6.45, 7) is 24.1. The smallest absolute Gasteiger partial charge is 0.00290 e. The van der Waals surface area contributed by atoms with E-state index < -0.39 is 0 Å². The van der Waals surface area contributed by atoms with Gasteiger partial charge in [0.25, 0.3) is 0 Å². The number of rotatable bonds is 0. The van der Waals surface area contributed by atoms with Crippen LogP contribution >= 0.6 is 0 Å². The molecule has 0 unspecified atom stereocenters. The predicted octanol–water partition coefficient (Wildman–Crippen LogP) is 5.69. The van der Waals surface area contributed by atoms with Gasteiger partial charge >= 0.3 is 0 Å². The monoisotopic (exact) mass is 236 g/mol. The van der Waals surface area contributed by atoms with Crippen LogP contribution in [0.2, 0.25) is 0 Å². The largest absolute Gasteiger partial charge is 0.0817 e. The van der Waals surface area contributed by atoms with E-state index in [-0.39, 0.29) is 27.1 Å². The molecule has 0 spiro atoms. The van der Waals surface area contributed by atoms with Gasteiger partial charge in [0, 0.05) is 0 Å². The van der Waals surface area contributed by atoms with Gasteiger partial charge in [-0.3, -0.25) is 0 Å². The average molecular weight is 236 g/mol. The molecule has 0 aromatic heterocycles. The molecule has 0 fully saturated rings. The minimum Gasteiger partial charge on any atom is -0.0817 e. The van der Waals surface area contributed by atoms with Crippen molar-refractivity contribution >= 4 is 0 Å². The lowest BCUT2D eigenvalue weighted by Crippen LogP contribution is -2.60. The first-order valence-electron chi connectivity index (χ1n) is 6.91. The zero-order valence-corrected chi connectivity index (χ0v) is 13.7. The molecule has 0 heteroatoms. The Morgan fingerprint density at radius 2 is 0.824 bits per heavy atom. The molecule has 0 bridgehead atoms. The molecule has 17 heavy (non-hydrogen) atoms. The maximum Gasteiger partial charge on any atom is -0.00290 e. The van der Waals surface area contributed by atoms with Gasteiger partial charge in [-0.05, 0) is 27.1 Å². The van der Waals surface area contributed by atoms with Gasteiger partial charge in [0.2, 0.25) is 0 Å². The Balaban J connectivity index is 3.66. The Morgan fingerprint density at radius 1 is 0.588 bits per heavy atom. The molecular formula is C17H32. The molecule has 1 aliphatic rings. The van der Waals surface area contributed by atoms with Gasteiger partial charge in [0.15, 0.2) is 0 Å². The van der Waals surface area contributed by atoms with E-state index in [0.717, 1.165) is 0 Å². The highest BCUT2D eigenvalue weighted by Crippen LogP contribution is 2.73. The minimum atomic E-state index is 0.229. The third kappa shape index (κ3) is 1.63. The standard InChI is InChI=1S/C17H32/c1-13(2,3)17(14(4,5)6)15(7,8)11-12-16(17,9)10/h11-12H,1-10H3. The van der Waals surface area contributed by atoms with Crippen molar-refractivity contribution < 1.29 is 0 Å². The summed E-state index contributed by atoms with van der Waals surface area (Å²) in [5.74, 6) is 0. The van der Waals surface area contributed by atoms with Crippen molar-refractivity contribution in [3.63, 3.8) is 0 Å². The fourth-order valence-corrected chi connectivity index (χ4v) is 6.49. The first-order chi connectivity index (χ1) is 7.21. The third-order valence-electron chi connectivity index (χ3n) is 5.10. The van der Waals surface area contributed by atoms with Crippen molar-refractivity contribution in [1.29, 1.82) is 0 Å². The summed E-state index contributed by atoms with van der Waals surface area (Å²) in [7, 11) is 0. The summed E-state index contributed by atoms with van der Waals surface area (Å²) >= 11 is 0. The summed E-state index contributed by atoms with van der Waals surface area (Å²) in [5.41, 5.74) is 1.24. The van der Waals surface area contributed by atoms with Crippen LogP contribution < -0.4 is 0 Å². The molecule has 0 atom stereocenters. The summed E-state index contributed by atoms with van der Waals surface area (Å²) in [4.78, 5) is 0. The van der Waals surface area contributed by atoms with Crippen LogP contribution in [0.5, 0.6) is 0 Å². The zero-order valence-electron chi connectivity index (χ0n) is 13.7. The Hall–Kier alpha value is -0.260. The molecule has 0 N–H and O–H groups in total. The Bertz CT molecular complexity index is 292. The molecule has 0 aromatic carbocycles. The summed E-state index contributed by atoms with van der Waals surface area (Å²) < 4.78 is 0. The maximum absolute atomic E-state index is 2.45. The van der Waals surface area contributed by atoms with Crippen molar-refractivity contribution in [1.82, 2.24) is 0 Å². The van der Waals surface area contributed by atoms with Gasteiger partial charge in [-0.15, -0.1) is 0 Å². The molecule has 0 aliphatic heterocycles. The number of hydrogen-bond donors (Lipinski definition) is 0. The molecule has 100 valence electrons.